The molecular formula is C13H6BrCl2F3. The predicted octanol–water partition coefficient (Wildman–Crippen LogP) is 5.85. The fourth-order valence-electron chi connectivity index (χ4n) is 1.63. The van der Waals surface area contributed by atoms with Crippen molar-refractivity contribution in [2.75, 3.05) is 0 Å². The van der Waals surface area contributed by atoms with Gasteiger partial charge in [0.15, 0.2) is 0 Å². The first-order valence-corrected chi connectivity index (χ1v) is 6.74. The number of alkyl halides is 1. The van der Waals surface area contributed by atoms with Gasteiger partial charge in [0.25, 0.3) is 0 Å². The standard InChI is InChI=1S/C13H6BrCl2F3/c14-8-3-6(1-2-9(8)15)13(16)12-10(18)4-7(17)5-11(12)19/h1-5,13H. The van der Waals surface area contributed by atoms with Gasteiger partial charge in [0.2, 0.25) is 0 Å². The fourth-order valence-corrected chi connectivity index (χ4v) is 2.49. The molecule has 0 bridgehead atoms. The molecule has 0 fully saturated rings. The van der Waals surface area contributed by atoms with Crippen molar-refractivity contribution in [2.24, 2.45) is 0 Å². The van der Waals surface area contributed by atoms with Gasteiger partial charge in [-0.2, -0.15) is 0 Å². The molecule has 6 heteroatoms. The van der Waals surface area contributed by atoms with E-state index in [9.17, 15) is 13.2 Å². The van der Waals surface area contributed by atoms with Gasteiger partial charge in [-0.1, -0.05) is 17.7 Å². The normalized spacial score (nSPS) is 12.5. The Morgan fingerprint density at radius 3 is 2.11 bits per heavy atom. The highest BCUT2D eigenvalue weighted by molar-refractivity contribution is 9.10. The first-order chi connectivity index (χ1) is 8.90. The maximum atomic E-state index is 13.6. The highest BCUT2D eigenvalue weighted by Gasteiger charge is 2.21. The summed E-state index contributed by atoms with van der Waals surface area (Å²) in [7, 11) is 0. The topological polar surface area (TPSA) is 0 Å². The van der Waals surface area contributed by atoms with Crippen molar-refractivity contribution in [3.05, 3.63) is 68.4 Å². The summed E-state index contributed by atoms with van der Waals surface area (Å²) in [5.74, 6) is -3.04. The number of benzene rings is 2. The van der Waals surface area contributed by atoms with Crippen LogP contribution >= 0.6 is 39.1 Å². The Kier molecular flexibility index (Phi) is 4.43. The first-order valence-electron chi connectivity index (χ1n) is 5.13. The van der Waals surface area contributed by atoms with Crippen LogP contribution in [0.25, 0.3) is 0 Å². The molecule has 2 aromatic carbocycles. The van der Waals surface area contributed by atoms with Crippen molar-refractivity contribution in [3.63, 3.8) is 0 Å². The second kappa shape index (κ2) is 5.73. The Morgan fingerprint density at radius 2 is 1.58 bits per heavy atom. The van der Waals surface area contributed by atoms with E-state index in [0.29, 0.717) is 27.2 Å². The lowest BCUT2D eigenvalue weighted by Gasteiger charge is -2.13. The minimum atomic E-state index is -1.07. The Hall–Kier alpha value is -0.710. The molecule has 0 saturated carbocycles. The zero-order valence-electron chi connectivity index (χ0n) is 9.23. The minimum Gasteiger partial charge on any atom is -0.207 e. The van der Waals surface area contributed by atoms with E-state index in [0.717, 1.165) is 0 Å². The van der Waals surface area contributed by atoms with Gasteiger partial charge in [0.1, 0.15) is 17.5 Å². The van der Waals surface area contributed by atoms with Gasteiger partial charge >= 0.3 is 0 Å². The molecule has 2 rings (SSSR count). The van der Waals surface area contributed by atoms with Gasteiger partial charge < -0.3 is 0 Å². The molecule has 0 saturated heterocycles. The van der Waals surface area contributed by atoms with Crippen LogP contribution in [0.3, 0.4) is 0 Å². The lowest BCUT2D eigenvalue weighted by Crippen LogP contribution is -2.02. The van der Waals surface area contributed by atoms with Gasteiger partial charge in [-0.25, -0.2) is 13.2 Å². The highest BCUT2D eigenvalue weighted by Crippen LogP contribution is 2.35. The summed E-state index contributed by atoms with van der Waals surface area (Å²) in [6.45, 7) is 0. The molecule has 1 unspecified atom stereocenters. The average Bonchev–Trinajstić information content (AvgIpc) is 2.31. The molecule has 0 aliphatic rings. The lowest BCUT2D eigenvalue weighted by molar-refractivity contribution is 0.526. The SMILES string of the molecule is Fc1cc(F)c(C(Cl)c2ccc(Cl)c(Br)c2)c(F)c1. The lowest BCUT2D eigenvalue weighted by atomic mass is 10.0. The minimum absolute atomic E-state index is 0.391. The Bertz CT molecular complexity index is 608. The van der Waals surface area contributed by atoms with E-state index in [-0.39, 0.29) is 0 Å². The Morgan fingerprint density at radius 1 is 1.00 bits per heavy atom. The van der Waals surface area contributed by atoms with E-state index >= 15 is 0 Å². The fraction of sp³-hybridized carbons (Fsp3) is 0.0769. The maximum absolute atomic E-state index is 13.6. The second-order valence-corrected chi connectivity index (χ2v) is 5.52. The van der Waals surface area contributed by atoms with Gasteiger partial charge in [0, 0.05) is 22.2 Å². The molecule has 0 radical (unpaired) electrons. The van der Waals surface area contributed by atoms with Crippen LogP contribution in [0.1, 0.15) is 16.5 Å². The summed E-state index contributed by atoms with van der Waals surface area (Å²) in [5.41, 5.74) is 0.0552. The summed E-state index contributed by atoms with van der Waals surface area (Å²) in [6, 6.07) is 5.85. The summed E-state index contributed by atoms with van der Waals surface area (Å²) >= 11 is 15.1. The molecular weight excluding hydrogens is 364 g/mol. The van der Waals surface area contributed by atoms with E-state index in [1.54, 1.807) is 18.2 Å². The molecule has 0 amide bonds. The Labute approximate surface area is 126 Å². The van der Waals surface area contributed by atoms with Crippen LogP contribution in [0.4, 0.5) is 13.2 Å². The van der Waals surface area contributed by atoms with Crippen LogP contribution in [0.15, 0.2) is 34.8 Å². The van der Waals surface area contributed by atoms with Crippen molar-refractivity contribution in [1.82, 2.24) is 0 Å². The molecule has 0 spiro atoms. The summed E-state index contributed by atoms with van der Waals surface area (Å²) in [6.07, 6.45) is 0. The molecule has 0 aromatic heterocycles. The van der Waals surface area contributed by atoms with Crippen LogP contribution in [-0.2, 0) is 0 Å². The third-order valence-electron chi connectivity index (χ3n) is 2.53. The monoisotopic (exact) mass is 368 g/mol. The van der Waals surface area contributed by atoms with E-state index in [1.165, 1.54) is 0 Å². The molecule has 0 aliphatic heterocycles. The summed E-state index contributed by atoms with van der Waals surface area (Å²) in [4.78, 5) is 0. The van der Waals surface area contributed by atoms with Crippen LogP contribution in [0, 0.1) is 17.5 Å². The number of halogens is 6. The zero-order chi connectivity index (χ0) is 14.2. The molecule has 0 aliphatic carbocycles. The van der Waals surface area contributed by atoms with Gasteiger partial charge in [-0.3, -0.25) is 0 Å². The molecule has 0 heterocycles. The van der Waals surface area contributed by atoms with Crippen LogP contribution < -0.4 is 0 Å². The van der Waals surface area contributed by atoms with Gasteiger partial charge in [-0.15, -0.1) is 11.6 Å². The molecule has 1 atom stereocenters. The third kappa shape index (κ3) is 3.07. The summed E-state index contributed by atoms with van der Waals surface area (Å²) < 4.78 is 40.6. The van der Waals surface area contributed by atoms with E-state index in [1.807, 2.05) is 0 Å². The number of hydrogen-bond donors (Lipinski definition) is 0. The third-order valence-corrected chi connectivity index (χ3v) is 4.22. The quantitative estimate of drug-likeness (QED) is 0.582. The van der Waals surface area contributed by atoms with E-state index in [4.69, 9.17) is 23.2 Å². The van der Waals surface area contributed by atoms with Gasteiger partial charge in [-0.05, 0) is 33.6 Å². The molecule has 0 nitrogen and oxygen atoms in total. The van der Waals surface area contributed by atoms with E-state index in [2.05, 4.69) is 15.9 Å². The molecule has 2 aromatic rings. The summed E-state index contributed by atoms with van der Waals surface area (Å²) in [5, 5.41) is -0.623. The maximum Gasteiger partial charge on any atom is 0.134 e. The number of rotatable bonds is 2. The van der Waals surface area contributed by atoms with Crippen molar-refractivity contribution in [2.45, 2.75) is 5.38 Å². The van der Waals surface area contributed by atoms with Crippen molar-refractivity contribution >= 4 is 39.1 Å². The largest absolute Gasteiger partial charge is 0.207 e. The van der Waals surface area contributed by atoms with E-state index < -0.39 is 28.4 Å². The average molecular weight is 370 g/mol. The zero-order valence-corrected chi connectivity index (χ0v) is 12.3. The second-order valence-electron chi connectivity index (χ2n) is 3.82. The first kappa shape index (κ1) is 14.7. The molecule has 19 heavy (non-hydrogen) atoms. The number of hydrogen-bond acceptors (Lipinski definition) is 0. The van der Waals surface area contributed by atoms with Crippen molar-refractivity contribution in [3.8, 4) is 0 Å². The van der Waals surface area contributed by atoms with Crippen LogP contribution in [0.5, 0.6) is 0 Å². The Balaban J connectivity index is 2.49. The molecule has 0 N–H and O–H groups in total. The van der Waals surface area contributed by atoms with Crippen LogP contribution in [0.2, 0.25) is 5.02 Å². The van der Waals surface area contributed by atoms with Gasteiger partial charge in [0.05, 0.1) is 10.4 Å². The highest BCUT2D eigenvalue weighted by atomic mass is 79.9. The van der Waals surface area contributed by atoms with Crippen molar-refractivity contribution < 1.29 is 13.2 Å². The molecule has 100 valence electrons. The van der Waals surface area contributed by atoms with Crippen LogP contribution in [-0.4, -0.2) is 0 Å². The predicted molar refractivity (Wildman–Crippen MR) is 73.2 cm³/mol. The van der Waals surface area contributed by atoms with Crippen molar-refractivity contribution in [1.29, 1.82) is 0 Å². The smallest absolute Gasteiger partial charge is 0.134 e.